The van der Waals surface area contributed by atoms with E-state index in [0.717, 1.165) is 0 Å². The van der Waals surface area contributed by atoms with Crippen LogP contribution in [0.25, 0.3) is 0 Å². The molecule has 0 fully saturated rings. The maximum absolute atomic E-state index is 12.2. The average Bonchev–Trinajstić information content (AvgIpc) is 2.50. The molecule has 0 spiro atoms. The van der Waals surface area contributed by atoms with E-state index in [-0.39, 0.29) is 5.92 Å². The zero-order valence-corrected chi connectivity index (χ0v) is 12.8. The van der Waals surface area contributed by atoms with Gasteiger partial charge in [0, 0.05) is 7.05 Å². The maximum Gasteiger partial charge on any atom is 0.326 e. The quantitative estimate of drug-likeness (QED) is 0.844. The molecule has 0 aliphatic heterocycles. The van der Waals surface area contributed by atoms with Gasteiger partial charge in [-0.1, -0.05) is 32.4 Å². The van der Waals surface area contributed by atoms with Crippen molar-refractivity contribution in [3.8, 4) is 5.75 Å². The molecule has 6 nitrogen and oxygen atoms in total. The van der Waals surface area contributed by atoms with E-state index in [1.807, 2.05) is 6.92 Å². The number of hydrogen-bond donors (Lipinski definition) is 2. The van der Waals surface area contributed by atoms with Crippen LogP contribution < -0.4 is 15.0 Å². The topological polar surface area (TPSA) is 78.9 Å². The van der Waals surface area contributed by atoms with Crippen LogP contribution in [0.5, 0.6) is 5.75 Å². The molecule has 0 unspecified atom stereocenters. The molecule has 0 aromatic heterocycles. The highest BCUT2D eigenvalue weighted by Gasteiger charge is 2.27. The SMILES string of the molecule is CC[C@H](C)[C@H](NC(=O)N(C)c1ccccc1OC)C(=O)O. The maximum atomic E-state index is 12.2. The van der Waals surface area contributed by atoms with Crippen molar-refractivity contribution < 1.29 is 19.4 Å². The highest BCUT2D eigenvalue weighted by atomic mass is 16.5. The van der Waals surface area contributed by atoms with Gasteiger partial charge in [-0.15, -0.1) is 0 Å². The van der Waals surface area contributed by atoms with Crippen molar-refractivity contribution >= 4 is 17.7 Å². The van der Waals surface area contributed by atoms with Crippen molar-refractivity contribution in [2.75, 3.05) is 19.1 Å². The molecule has 2 N–H and O–H groups in total. The molecule has 0 bridgehead atoms. The van der Waals surface area contributed by atoms with E-state index in [4.69, 9.17) is 4.74 Å². The van der Waals surface area contributed by atoms with Crippen molar-refractivity contribution in [2.45, 2.75) is 26.3 Å². The second kappa shape index (κ2) is 7.52. The minimum atomic E-state index is -1.04. The van der Waals surface area contributed by atoms with Gasteiger partial charge >= 0.3 is 12.0 Å². The Morgan fingerprint density at radius 2 is 2.00 bits per heavy atom. The molecule has 1 aromatic rings. The number of aliphatic carboxylic acids is 1. The van der Waals surface area contributed by atoms with Crippen LogP contribution in [0.1, 0.15) is 20.3 Å². The molecule has 0 aliphatic rings. The zero-order chi connectivity index (χ0) is 16.0. The van der Waals surface area contributed by atoms with Gasteiger partial charge in [0.05, 0.1) is 12.8 Å². The van der Waals surface area contributed by atoms with Crippen molar-refractivity contribution in [1.29, 1.82) is 0 Å². The van der Waals surface area contributed by atoms with Gasteiger partial charge in [-0.2, -0.15) is 0 Å². The van der Waals surface area contributed by atoms with Gasteiger partial charge in [0.1, 0.15) is 11.8 Å². The third-order valence-electron chi connectivity index (χ3n) is 3.51. The van der Waals surface area contributed by atoms with Gasteiger partial charge in [-0.3, -0.25) is 4.90 Å². The predicted molar refractivity (Wildman–Crippen MR) is 80.8 cm³/mol. The molecule has 2 amide bonds. The summed E-state index contributed by atoms with van der Waals surface area (Å²) < 4.78 is 5.20. The molecule has 1 aromatic carbocycles. The minimum absolute atomic E-state index is 0.155. The summed E-state index contributed by atoms with van der Waals surface area (Å²) in [6, 6.07) is 5.66. The van der Waals surface area contributed by atoms with E-state index < -0.39 is 18.0 Å². The lowest BCUT2D eigenvalue weighted by Crippen LogP contribution is -2.49. The van der Waals surface area contributed by atoms with Crippen LogP contribution in [0, 0.1) is 5.92 Å². The molecular weight excluding hydrogens is 272 g/mol. The number of anilines is 1. The van der Waals surface area contributed by atoms with E-state index in [1.165, 1.54) is 12.0 Å². The Balaban J connectivity index is 2.89. The Labute approximate surface area is 124 Å². The van der Waals surface area contributed by atoms with E-state index in [0.29, 0.717) is 17.9 Å². The summed E-state index contributed by atoms with van der Waals surface area (Å²) in [5.74, 6) is -0.644. The van der Waals surface area contributed by atoms with Gasteiger partial charge < -0.3 is 15.2 Å². The van der Waals surface area contributed by atoms with E-state index >= 15 is 0 Å². The summed E-state index contributed by atoms with van der Waals surface area (Å²) in [6.07, 6.45) is 0.662. The number of nitrogens with one attached hydrogen (secondary N) is 1. The highest BCUT2D eigenvalue weighted by molar-refractivity contribution is 5.95. The van der Waals surface area contributed by atoms with Gasteiger partial charge in [-0.25, -0.2) is 9.59 Å². The summed E-state index contributed by atoms with van der Waals surface area (Å²) in [5.41, 5.74) is 0.575. The van der Waals surface area contributed by atoms with Crippen LogP contribution in [-0.2, 0) is 4.79 Å². The number of ether oxygens (including phenoxy) is 1. The summed E-state index contributed by atoms with van der Waals surface area (Å²) in [5, 5.41) is 11.8. The molecule has 0 heterocycles. The Morgan fingerprint density at radius 1 is 1.38 bits per heavy atom. The van der Waals surface area contributed by atoms with Gasteiger partial charge in [0.15, 0.2) is 0 Å². The summed E-state index contributed by atoms with van der Waals surface area (Å²) in [6.45, 7) is 3.68. The van der Waals surface area contributed by atoms with Crippen LogP contribution in [0.15, 0.2) is 24.3 Å². The third kappa shape index (κ3) is 4.11. The van der Waals surface area contributed by atoms with Crippen LogP contribution >= 0.6 is 0 Å². The molecule has 116 valence electrons. The first kappa shape index (κ1) is 16.8. The summed E-state index contributed by atoms with van der Waals surface area (Å²) in [7, 11) is 3.09. The second-order valence-corrected chi connectivity index (χ2v) is 4.88. The molecule has 0 aliphatic carbocycles. The van der Waals surface area contributed by atoms with Gasteiger partial charge in [0.25, 0.3) is 0 Å². The number of para-hydroxylation sites is 2. The van der Waals surface area contributed by atoms with Gasteiger partial charge in [0.2, 0.25) is 0 Å². The van der Waals surface area contributed by atoms with Crippen molar-refractivity contribution in [2.24, 2.45) is 5.92 Å². The number of carbonyl (C=O) groups is 2. The van der Waals surface area contributed by atoms with Crippen LogP contribution in [0.2, 0.25) is 0 Å². The lowest BCUT2D eigenvalue weighted by molar-refractivity contribution is -0.140. The third-order valence-corrected chi connectivity index (χ3v) is 3.51. The van der Waals surface area contributed by atoms with Gasteiger partial charge in [-0.05, 0) is 18.1 Å². The van der Waals surface area contributed by atoms with Crippen LogP contribution in [-0.4, -0.2) is 37.3 Å². The second-order valence-electron chi connectivity index (χ2n) is 4.88. The monoisotopic (exact) mass is 294 g/mol. The zero-order valence-electron chi connectivity index (χ0n) is 12.8. The number of carbonyl (C=O) groups excluding carboxylic acids is 1. The predicted octanol–water partition coefficient (Wildman–Crippen LogP) is 2.34. The number of carboxylic acid groups (broad SMARTS) is 1. The number of nitrogens with zero attached hydrogens (tertiary/aromatic N) is 1. The fourth-order valence-electron chi connectivity index (χ4n) is 1.93. The standard InChI is InChI=1S/C15H22N2O4/c1-5-10(2)13(14(18)19)16-15(20)17(3)11-8-6-7-9-12(11)21-4/h6-10,13H,5H2,1-4H3,(H,16,20)(H,18,19)/t10-,13-/m0/s1. The lowest BCUT2D eigenvalue weighted by atomic mass is 9.99. The van der Waals surface area contributed by atoms with Crippen molar-refractivity contribution in [1.82, 2.24) is 5.32 Å². The first-order valence-electron chi connectivity index (χ1n) is 6.82. The smallest absolute Gasteiger partial charge is 0.326 e. The molecule has 1 rings (SSSR count). The number of benzene rings is 1. The van der Waals surface area contributed by atoms with E-state index in [2.05, 4.69) is 5.32 Å². The van der Waals surface area contributed by atoms with E-state index in [9.17, 15) is 14.7 Å². The fourth-order valence-corrected chi connectivity index (χ4v) is 1.93. The number of rotatable bonds is 6. The number of hydrogen-bond acceptors (Lipinski definition) is 3. The van der Waals surface area contributed by atoms with Crippen LogP contribution in [0.4, 0.5) is 10.5 Å². The summed E-state index contributed by atoms with van der Waals surface area (Å²) in [4.78, 5) is 24.8. The Kier molecular flexibility index (Phi) is 6.02. The number of amides is 2. The summed E-state index contributed by atoms with van der Waals surface area (Å²) >= 11 is 0. The largest absolute Gasteiger partial charge is 0.495 e. The molecule has 2 atom stereocenters. The number of carboxylic acids is 1. The first-order valence-corrected chi connectivity index (χ1v) is 6.82. The molecule has 0 radical (unpaired) electrons. The van der Waals surface area contributed by atoms with Crippen molar-refractivity contribution in [3.05, 3.63) is 24.3 Å². The molecule has 0 saturated carbocycles. The minimum Gasteiger partial charge on any atom is -0.495 e. The molecular formula is C15H22N2O4. The average molecular weight is 294 g/mol. The molecule has 0 saturated heterocycles. The van der Waals surface area contributed by atoms with Crippen molar-refractivity contribution in [3.63, 3.8) is 0 Å². The van der Waals surface area contributed by atoms with E-state index in [1.54, 1.807) is 38.2 Å². The first-order chi connectivity index (χ1) is 9.92. The number of urea groups is 1. The fraction of sp³-hybridized carbons (Fsp3) is 0.467. The normalized spacial score (nSPS) is 13.1. The Bertz CT molecular complexity index is 504. The Morgan fingerprint density at radius 3 is 2.52 bits per heavy atom. The Hall–Kier alpha value is -2.24. The van der Waals surface area contributed by atoms with Crippen LogP contribution in [0.3, 0.4) is 0 Å². The number of methoxy groups -OCH3 is 1. The molecule has 21 heavy (non-hydrogen) atoms. The molecule has 6 heteroatoms. The lowest BCUT2D eigenvalue weighted by Gasteiger charge is -2.25. The highest BCUT2D eigenvalue weighted by Crippen LogP contribution is 2.26.